The largest absolute Gasteiger partial charge is 0.373 e. The van der Waals surface area contributed by atoms with Gasteiger partial charge in [-0.25, -0.2) is 4.98 Å². The van der Waals surface area contributed by atoms with E-state index in [4.69, 9.17) is 4.98 Å². The van der Waals surface area contributed by atoms with Crippen LogP contribution in [0.3, 0.4) is 0 Å². The maximum absolute atomic E-state index is 9.61. The number of hydrogen-bond donors (Lipinski definition) is 1. The Labute approximate surface area is 197 Å². The molecule has 3 aliphatic rings. The lowest BCUT2D eigenvalue weighted by Crippen LogP contribution is -2.56. The lowest BCUT2D eigenvalue weighted by molar-refractivity contribution is 0.0894. The topological polar surface area (TPSA) is 71.3 Å². The van der Waals surface area contributed by atoms with Gasteiger partial charge < -0.3 is 15.1 Å². The molecule has 2 atom stereocenters. The van der Waals surface area contributed by atoms with Gasteiger partial charge in [0.2, 0.25) is 5.95 Å². The lowest BCUT2D eigenvalue weighted by Gasteiger charge is -2.48. The molecule has 1 aliphatic carbocycles. The molecule has 1 N–H and O–H groups in total. The third-order valence-corrected chi connectivity index (χ3v) is 7.56. The number of piperidine rings is 2. The van der Waals surface area contributed by atoms with Gasteiger partial charge in [0.25, 0.3) is 0 Å². The third-order valence-electron chi connectivity index (χ3n) is 7.56. The predicted molar refractivity (Wildman–Crippen MR) is 133 cm³/mol. The highest BCUT2D eigenvalue weighted by Crippen LogP contribution is 2.42. The molecule has 1 saturated carbocycles. The zero-order valence-electron chi connectivity index (χ0n) is 20.1. The lowest BCUT2D eigenvalue weighted by atomic mass is 9.88. The molecule has 1 aromatic heterocycles. The summed E-state index contributed by atoms with van der Waals surface area (Å²) in [5.74, 6) is 2.09. The van der Waals surface area contributed by atoms with Crippen LogP contribution in [0, 0.1) is 11.3 Å². The number of rotatable bonds is 6. The van der Waals surface area contributed by atoms with Crippen LogP contribution >= 0.6 is 0 Å². The van der Waals surface area contributed by atoms with E-state index in [9.17, 15) is 5.26 Å². The van der Waals surface area contributed by atoms with E-state index in [1.807, 2.05) is 32.4 Å². The molecule has 7 nitrogen and oxygen atoms in total. The highest BCUT2D eigenvalue weighted by Gasteiger charge is 2.36. The first kappa shape index (κ1) is 22.0. The van der Waals surface area contributed by atoms with Crippen LogP contribution in [-0.2, 0) is 0 Å². The number of nitrogens with one attached hydrogen (secondary N) is 1. The van der Waals surface area contributed by atoms with Gasteiger partial charge in [-0.2, -0.15) is 10.2 Å². The van der Waals surface area contributed by atoms with Crippen molar-refractivity contribution in [3.63, 3.8) is 0 Å². The van der Waals surface area contributed by atoms with Gasteiger partial charge in [-0.15, -0.1) is 0 Å². The van der Waals surface area contributed by atoms with Crippen LogP contribution in [0.5, 0.6) is 0 Å². The molecule has 0 unspecified atom stereocenters. The van der Waals surface area contributed by atoms with Crippen LogP contribution < -0.4 is 15.1 Å². The van der Waals surface area contributed by atoms with E-state index in [1.165, 1.54) is 63.6 Å². The van der Waals surface area contributed by atoms with Gasteiger partial charge in [-0.1, -0.05) is 12.5 Å². The van der Waals surface area contributed by atoms with Crippen molar-refractivity contribution in [3.05, 3.63) is 35.5 Å². The van der Waals surface area contributed by atoms with Gasteiger partial charge in [-0.3, -0.25) is 4.90 Å². The summed E-state index contributed by atoms with van der Waals surface area (Å²) in [6.45, 7) is 2.45. The first-order valence-electron chi connectivity index (χ1n) is 12.4. The molecule has 0 spiro atoms. The monoisotopic (exact) mass is 445 g/mol. The smallest absolute Gasteiger partial charge is 0.229 e. The molecule has 3 heterocycles. The highest BCUT2D eigenvalue weighted by atomic mass is 15.3. The fraction of sp³-hybridized carbons (Fsp3) is 0.577. The van der Waals surface area contributed by atoms with E-state index in [1.54, 1.807) is 0 Å². The van der Waals surface area contributed by atoms with Crippen molar-refractivity contribution in [3.8, 4) is 6.07 Å². The summed E-state index contributed by atoms with van der Waals surface area (Å²) in [6, 6.07) is 9.49. The second-order valence-electron chi connectivity index (χ2n) is 10.0. The number of benzene rings is 1. The number of likely N-dealkylation sites (N-methyl/N-ethyl adjacent to an activating group) is 1. The van der Waals surface area contributed by atoms with E-state index < -0.39 is 0 Å². The van der Waals surface area contributed by atoms with E-state index in [0.717, 1.165) is 22.8 Å². The van der Waals surface area contributed by atoms with Crippen molar-refractivity contribution < 1.29 is 0 Å². The van der Waals surface area contributed by atoms with Crippen LogP contribution in [0.1, 0.15) is 62.0 Å². The van der Waals surface area contributed by atoms with Gasteiger partial charge >= 0.3 is 0 Å². The van der Waals surface area contributed by atoms with E-state index in [0.29, 0.717) is 23.9 Å². The summed E-state index contributed by atoms with van der Waals surface area (Å²) in [4.78, 5) is 16.8. The molecule has 0 radical (unpaired) electrons. The Morgan fingerprint density at radius 1 is 1.06 bits per heavy atom. The summed E-state index contributed by atoms with van der Waals surface area (Å²) < 4.78 is 0. The number of nitriles is 1. The Bertz CT molecular complexity index is 1040. The number of anilines is 4. The van der Waals surface area contributed by atoms with Crippen molar-refractivity contribution in [2.75, 3.05) is 49.3 Å². The standard InChI is InChI=1S/C26H35N7/c1-31(2)24-17-28-26(29-20-11-12-21(18-9-10-18)19(15-20)16-27)30-25(24)32(3)22-8-6-14-33-13-5-4-7-23(22)33/h11-12,15,17-18,22-23H,4-10,13-14H2,1-3H3,(H,28,29,30)/t22-,23+/m0/s1. The van der Waals surface area contributed by atoms with Crippen molar-refractivity contribution in [1.82, 2.24) is 14.9 Å². The maximum atomic E-state index is 9.61. The molecule has 0 amide bonds. The van der Waals surface area contributed by atoms with E-state index in [-0.39, 0.29) is 0 Å². The Kier molecular flexibility index (Phi) is 6.11. The molecule has 0 bridgehead atoms. The third kappa shape index (κ3) is 4.49. The van der Waals surface area contributed by atoms with Crippen molar-refractivity contribution in [1.29, 1.82) is 5.26 Å². The van der Waals surface area contributed by atoms with Crippen molar-refractivity contribution >= 4 is 23.1 Å². The van der Waals surface area contributed by atoms with Gasteiger partial charge in [0.15, 0.2) is 5.82 Å². The minimum Gasteiger partial charge on any atom is -0.373 e. The van der Waals surface area contributed by atoms with Crippen molar-refractivity contribution in [2.45, 2.75) is 62.9 Å². The Morgan fingerprint density at radius 3 is 2.64 bits per heavy atom. The molecular weight excluding hydrogens is 410 g/mol. The number of hydrogen-bond acceptors (Lipinski definition) is 7. The van der Waals surface area contributed by atoms with Crippen LogP contribution in [0.15, 0.2) is 24.4 Å². The minimum atomic E-state index is 0.462. The second-order valence-corrected chi connectivity index (χ2v) is 10.0. The van der Waals surface area contributed by atoms with E-state index >= 15 is 0 Å². The first-order valence-corrected chi connectivity index (χ1v) is 12.4. The quantitative estimate of drug-likeness (QED) is 0.702. The Hall–Kier alpha value is -2.85. The fourth-order valence-electron chi connectivity index (χ4n) is 5.65. The second kappa shape index (κ2) is 9.18. The maximum Gasteiger partial charge on any atom is 0.229 e. The normalized spacial score (nSPS) is 22.8. The number of nitrogens with zero attached hydrogens (tertiary/aromatic N) is 6. The average Bonchev–Trinajstić information content (AvgIpc) is 3.68. The molecule has 5 rings (SSSR count). The Morgan fingerprint density at radius 2 is 1.88 bits per heavy atom. The molecule has 2 aromatic rings. The molecule has 33 heavy (non-hydrogen) atoms. The summed E-state index contributed by atoms with van der Waals surface area (Å²) in [5.41, 5.74) is 3.81. The zero-order chi connectivity index (χ0) is 22.9. The number of fused-ring (bicyclic) bond motifs is 1. The molecule has 2 saturated heterocycles. The highest BCUT2D eigenvalue weighted by molar-refractivity contribution is 5.69. The molecule has 2 aliphatic heterocycles. The van der Waals surface area contributed by atoms with E-state index in [2.05, 4.69) is 44.2 Å². The molecular formula is C26H35N7. The zero-order valence-corrected chi connectivity index (χ0v) is 20.1. The van der Waals surface area contributed by atoms with Crippen LogP contribution in [0.4, 0.5) is 23.1 Å². The van der Waals surface area contributed by atoms with Crippen LogP contribution in [0.25, 0.3) is 0 Å². The Balaban J connectivity index is 1.42. The van der Waals surface area contributed by atoms with Gasteiger partial charge in [-0.05, 0) is 75.2 Å². The minimum absolute atomic E-state index is 0.462. The SMILES string of the molecule is CN(C)c1cnc(Nc2ccc(C3CC3)c(C#N)c2)nc1N(C)[C@H]1CCCN2CCCC[C@H]12. The summed E-state index contributed by atoms with van der Waals surface area (Å²) in [7, 11) is 6.29. The average molecular weight is 446 g/mol. The molecule has 3 fully saturated rings. The van der Waals surface area contributed by atoms with Gasteiger partial charge in [0, 0.05) is 38.9 Å². The summed E-state index contributed by atoms with van der Waals surface area (Å²) >= 11 is 0. The number of aromatic nitrogens is 2. The van der Waals surface area contributed by atoms with Gasteiger partial charge in [0.05, 0.1) is 23.5 Å². The molecule has 1 aromatic carbocycles. The molecule has 7 heteroatoms. The van der Waals surface area contributed by atoms with Gasteiger partial charge in [0.1, 0.15) is 0 Å². The first-order chi connectivity index (χ1) is 16.0. The van der Waals surface area contributed by atoms with Crippen molar-refractivity contribution in [2.24, 2.45) is 0 Å². The fourth-order valence-corrected chi connectivity index (χ4v) is 5.65. The predicted octanol–water partition coefficient (Wildman–Crippen LogP) is 4.49. The van der Waals surface area contributed by atoms with Crippen LogP contribution in [-0.4, -0.2) is 61.2 Å². The summed E-state index contributed by atoms with van der Waals surface area (Å²) in [6.07, 6.45) is 10.6. The summed E-state index contributed by atoms with van der Waals surface area (Å²) in [5, 5.41) is 13.0. The van der Waals surface area contributed by atoms with Crippen LogP contribution in [0.2, 0.25) is 0 Å². The molecule has 174 valence electrons.